The molecule has 0 spiro atoms. The van der Waals surface area contributed by atoms with Crippen molar-refractivity contribution in [1.29, 1.82) is 0 Å². The normalized spacial score (nSPS) is 15.6. The van der Waals surface area contributed by atoms with Crippen molar-refractivity contribution in [2.45, 2.75) is 25.8 Å². The summed E-state index contributed by atoms with van der Waals surface area (Å²) in [6.45, 7) is 3.99. The number of aromatic amines is 1. The summed E-state index contributed by atoms with van der Waals surface area (Å²) in [5.41, 5.74) is 1.52. The summed E-state index contributed by atoms with van der Waals surface area (Å²) < 4.78 is 0.693. The van der Waals surface area contributed by atoms with Crippen molar-refractivity contribution < 1.29 is 14.7 Å². The van der Waals surface area contributed by atoms with Gasteiger partial charge in [-0.25, -0.2) is 0 Å². The van der Waals surface area contributed by atoms with Crippen molar-refractivity contribution in [3.63, 3.8) is 0 Å². The van der Waals surface area contributed by atoms with E-state index < -0.39 is 5.97 Å². The fraction of sp³-hybridized carbons (Fsp3) is 0.444. The highest BCUT2D eigenvalue weighted by molar-refractivity contribution is 7.19. The third-order valence-corrected chi connectivity index (χ3v) is 6.09. The highest BCUT2D eigenvalue weighted by atomic mass is 35.5. The van der Waals surface area contributed by atoms with Crippen molar-refractivity contribution in [3.8, 4) is 10.4 Å². The summed E-state index contributed by atoms with van der Waals surface area (Å²) >= 11 is 7.47. The van der Waals surface area contributed by atoms with Crippen LogP contribution in [0.3, 0.4) is 0 Å². The van der Waals surface area contributed by atoms with Gasteiger partial charge in [0.1, 0.15) is 0 Å². The van der Waals surface area contributed by atoms with Gasteiger partial charge in [0.2, 0.25) is 0 Å². The van der Waals surface area contributed by atoms with E-state index in [1.165, 1.54) is 11.3 Å². The topological polar surface area (TPSA) is 76.6 Å². The molecule has 0 aromatic carbocycles. The lowest BCUT2D eigenvalue weighted by atomic mass is 10.0. The third-order valence-electron chi connectivity index (χ3n) is 4.83. The average molecular weight is 396 g/mol. The summed E-state index contributed by atoms with van der Waals surface area (Å²) in [5, 5.41) is 9.03. The molecule has 3 heterocycles. The first-order chi connectivity index (χ1) is 12.5. The highest BCUT2D eigenvalue weighted by Gasteiger charge is 2.29. The first-order valence-corrected chi connectivity index (χ1v) is 9.86. The monoisotopic (exact) mass is 395 g/mol. The summed E-state index contributed by atoms with van der Waals surface area (Å²) in [4.78, 5) is 31.8. The molecular weight excluding hydrogens is 374 g/mol. The molecule has 0 bridgehead atoms. The van der Waals surface area contributed by atoms with E-state index in [1.54, 1.807) is 6.20 Å². The van der Waals surface area contributed by atoms with E-state index in [0.29, 0.717) is 29.5 Å². The minimum absolute atomic E-state index is 0.00510. The molecular formula is C18H22ClN3O3S. The molecule has 1 amide bonds. The van der Waals surface area contributed by atoms with Crippen molar-refractivity contribution >= 4 is 34.8 Å². The van der Waals surface area contributed by atoms with Crippen LogP contribution < -0.4 is 0 Å². The minimum atomic E-state index is -0.808. The quantitative estimate of drug-likeness (QED) is 0.785. The molecule has 0 saturated carbocycles. The maximum atomic E-state index is 13.0. The number of piperidine rings is 1. The number of carbonyl (C=O) groups excluding carboxylic acids is 1. The Morgan fingerprint density at radius 3 is 2.65 bits per heavy atom. The lowest BCUT2D eigenvalue weighted by molar-refractivity contribution is -0.139. The van der Waals surface area contributed by atoms with Crippen LogP contribution in [0.15, 0.2) is 24.5 Å². The van der Waals surface area contributed by atoms with E-state index in [0.717, 1.165) is 23.3 Å². The zero-order valence-electron chi connectivity index (χ0n) is 14.6. The minimum Gasteiger partial charge on any atom is -0.480 e. The number of aliphatic carboxylic acids is 1. The van der Waals surface area contributed by atoms with Gasteiger partial charge in [-0.05, 0) is 31.5 Å². The largest absolute Gasteiger partial charge is 0.480 e. The van der Waals surface area contributed by atoms with Crippen LogP contribution in [0.4, 0.5) is 0 Å². The summed E-state index contributed by atoms with van der Waals surface area (Å²) in [6.07, 6.45) is 5.14. The van der Waals surface area contributed by atoms with E-state index in [-0.39, 0.29) is 18.5 Å². The zero-order chi connectivity index (χ0) is 18.7. The molecule has 0 unspecified atom stereocenters. The molecule has 26 heavy (non-hydrogen) atoms. The Labute approximate surface area is 161 Å². The van der Waals surface area contributed by atoms with Gasteiger partial charge in [-0.1, -0.05) is 18.5 Å². The molecule has 1 aliphatic heterocycles. The summed E-state index contributed by atoms with van der Waals surface area (Å²) in [7, 11) is 0. The van der Waals surface area contributed by atoms with Crippen molar-refractivity contribution in [2.75, 3.05) is 26.2 Å². The van der Waals surface area contributed by atoms with Gasteiger partial charge in [0, 0.05) is 42.0 Å². The fourth-order valence-electron chi connectivity index (χ4n) is 3.48. The number of nitrogens with one attached hydrogen (secondary N) is 1. The highest BCUT2D eigenvalue weighted by Crippen LogP contribution is 2.34. The van der Waals surface area contributed by atoms with Crippen molar-refractivity contribution in [1.82, 2.24) is 14.8 Å². The summed E-state index contributed by atoms with van der Waals surface area (Å²) in [5.74, 6) is -0.803. The van der Waals surface area contributed by atoms with Gasteiger partial charge in [0.25, 0.3) is 5.91 Å². The number of thiophene rings is 1. The van der Waals surface area contributed by atoms with E-state index >= 15 is 0 Å². The van der Waals surface area contributed by atoms with E-state index in [9.17, 15) is 9.59 Å². The van der Waals surface area contributed by atoms with Crippen LogP contribution in [0.1, 0.15) is 30.1 Å². The zero-order valence-corrected chi connectivity index (χ0v) is 16.1. The molecule has 2 N–H and O–H groups in total. The van der Waals surface area contributed by atoms with Gasteiger partial charge >= 0.3 is 5.97 Å². The molecule has 0 aliphatic carbocycles. The van der Waals surface area contributed by atoms with Crippen LogP contribution in [0.2, 0.25) is 4.34 Å². The molecule has 1 aliphatic rings. The number of aromatic nitrogens is 1. The van der Waals surface area contributed by atoms with Gasteiger partial charge in [0.15, 0.2) is 0 Å². The molecule has 1 fully saturated rings. The second-order valence-corrected chi connectivity index (χ2v) is 8.08. The van der Waals surface area contributed by atoms with Crippen LogP contribution >= 0.6 is 22.9 Å². The van der Waals surface area contributed by atoms with E-state index in [2.05, 4.69) is 4.98 Å². The van der Waals surface area contributed by atoms with Crippen molar-refractivity contribution in [2.24, 2.45) is 0 Å². The Morgan fingerprint density at radius 2 is 2.08 bits per heavy atom. The standard InChI is InChI=1S/C18H22ClN3O3S/c1-2-21(11-17(23)24)12-5-7-22(8-6-12)18(25)14-10-20-9-13(14)15-3-4-16(19)26-15/h3-4,9-10,12,20H,2,5-8,11H2,1H3,(H,23,24). The molecule has 2 aromatic heterocycles. The number of carbonyl (C=O) groups is 2. The van der Waals surface area contributed by atoms with Crippen LogP contribution in [-0.2, 0) is 4.79 Å². The molecule has 0 atom stereocenters. The molecule has 8 heteroatoms. The lowest BCUT2D eigenvalue weighted by Crippen LogP contribution is -2.48. The Hall–Kier alpha value is -1.83. The van der Waals surface area contributed by atoms with Gasteiger partial charge in [0.05, 0.1) is 16.4 Å². The predicted molar refractivity (Wildman–Crippen MR) is 103 cm³/mol. The number of halogens is 1. The Morgan fingerprint density at radius 1 is 1.35 bits per heavy atom. The van der Waals surface area contributed by atoms with Crippen LogP contribution in [-0.4, -0.2) is 64.0 Å². The summed E-state index contributed by atoms with van der Waals surface area (Å²) in [6, 6.07) is 3.96. The number of carboxylic acid groups (broad SMARTS) is 1. The SMILES string of the molecule is CCN(CC(=O)O)C1CCN(C(=O)c2c[nH]cc2-c2ccc(Cl)s2)CC1. The molecule has 140 valence electrons. The second kappa shape index (κ2) is 8.24. The van der Waals surface area contributed by atoms with Gasteiger partial charge in [-0.2, -0.15) is 0 Å². The number of likely N-dealkylation sites (tertiary alicyclic amines) is 1. The molecule has 1 saturated heterocycles. The predicted octanol–water partition coefficient (Wildman–Crippen LogP) is 3.41. The maximum Gasteiger partial charge on any atom is 0.317 e. The molecule has 3 rings (SSSR count). The Balaban J connectivity index is 1.66. The maximum absolute atomic E-state index is 13.0. The molecule has 0 radical (unpaired) electrons. The number of hydrogen-bond donors (Lipinski definition) is 2. The number of amides is 1. The number of H-pyrrole nitrogens is 1. The number of rotatable bonds is 6. The number of hydrogen-bond acceptors (Lipinski definition) is 4. The lowest BCUT2D eigenvalue weighted by Gasteiger charge is -2.37. The van der Waals surface area contributed by atoms with Crippen LogP contribution in [0.5, 0.6) is 0 Å². The molecule has 2 aromatic rings. The van der Waals surface area contributed by atoms with E-state index in [1.807, 2.05) is 35.1 Å². The fourth-order valence-corrected chi connectivity index (χ4v) is 4.55. The number of nitrogens with zero attached hydrogens (tertiary/aromatic N) is 2. The molecule has 6 nitrogen and oxygen atoms in total. The third kappa shape index (κ3) is 4.11. The van der Waals surface area contributed by atoms with Gasteiger partial charge in [-0.3, -0.25) is 14.5 Å². The first kappa shape index (κ1) is 18.9. The van der Waals surface area contributed by atoms with Gasteiger partial charge in [-0.15, -0.1) is 11.3 Å². The Bertz CT molecular complexity index is 780. The van der Waals surface area contributed by atoms with Crippen LogP contribution in [0, 0.1) is 0 Å². The number of carboxylic acids is 1. The smallest absolute Gasteiger partial charge is 0.317 e. The average Bonchev–Trinajstić information content (AvgIpc) is 3.27. The van der Waals surface area contributed by atoms with E-state index in [4.69, 9.17) is 16.7 Å². The number of likely N-dealkylation sites (N-methyl/N-ethyl adjacent to an activating group) is 1. The van der Waals surface area contributed by atoms with Gasteiger partial charge < -0.3 is 15.0 Å². The first-order valence-electron chi connectivity index (χ1n) is 8.67. The second-order valence-electron chi connectivity index (χ2n) is 6.37. The Kier molecular flexibility index (Phi) is 6.01. The van der Waals surface area contributed by atoms with Crippen LogP contribution in [0.25, 0.3) is 10.4 Å². The van der Waals surface area contributed by atoms with Crippen molar-refractivity contribution in [3.05, 3.63) is 34.4 Å².